The molecular formula is C48H76O20. The first-order valence-electron chi connectivity index (χ1n) is 24.7. The molecule has 0 bridgehead atoms. The molecule has 5 saturated carbocycles. The number of aldehydes is 1. The maximum absolute atomic E-state index is 15.0. The van der Waals surface area contributed by atoms with Gasteiger partial charge in [0.2, 0.25) is 6.29 Å². The standard InChI is InChI=1S/C48H76O20/c1-20(17-49)22-9-14-48(16-15-45(4)23(29(22)48)7-8-26-44(3)12-11-28(51)47(6,42(60)61)27(44)10-13-46(26,45)5)43(62)68-41-36(58)33(55)31(53)25(66-41)19-63-39-37(59)34(56)38(24(18-50)65-39)67-40-35(57)32(54)30(52)21(2)64-40/h17,20-41,50-59H,7-16,18-19H2,1-6H3,(H,60,61)/t20-,21+,22-,23-,24-,25-,26-,27-,28-,29-,30+,31-,32-,33+,34-,35-,36-,37-,38-,39-,40+,41+,44-,45-,46-,47+,48+/m1/s1. The fourth-order valence-electron chi connectivity index (χ4n) is 15.9. The number of ether oxygens (including phenoxy) is 6. The minimum atomic E-state index is -1.90. The van der Waals surface area contributed by atoms with Gasteiger partial charge in [-0.1, -0.05) is 27.7 Å². The molecule has 8 fully saturated rings. The Kier molecular flexibility index (Phi) is 14.5. The molecule has 388 valence electrons. The SMILES string of the molecule is C[C@H](C=O)[C@H]1CC[C@]2(C(=O)O[C@@H]3O[C@H](CO[C@@H]4O[C@H](CO)[C@@H](O[C@@H]5O[C@@H](C)[C@H](O)[C@@H](O)[C@H]5O)[C@H](O)[C@H]4O)[C@@H](O)[C@H](O)[C@H]3O)CC[C@]3(C)[C@H](CC[C@@H]4[C@@]5(C)CC[C@@H](O)[C@@](C)(C(=O)O)[C@@H]5CC[C@]43C)[C@@H]12. The van der Waals surface area contributed by atoms with Crippen LogP contribution in [0.2, 0.25) is 0 Å². The highest BCUT2D eigenvalue weighted by atomic mass is 16.8. The van der Waals surface area contributed by atoms with E-state index in [1.807, 2.05) is 6.92 Å². The van der Waals surface area contributed by atoms with E-state index in [9.17, 15) is 70.6 Å². The number of fused-ring (bicyclic) bond motifs is 7. The third-order valence-electron chi connectivity index (χ3n) is 20.1. The monoisotopic (exact) mass is 972 g/mol. The van der Waals surface area contributed by atoms with Crippen molar-refractivity contribution in [2.45, 2.75) is 204 Å². The molecule has 0 aromatic rings. The van der Waals surface area contributed by atoms with Gasteiger partial charge in [-0.3, -0.25) is 9.59 Å². The quantitative estimate of drug-likeness (QED) is 0.0905. The minimum Gasteiger partial charge on any atom is -0.481 e. The van der Waals surface area contributed by atoms with E-state index in [-0.39, 0.29) is 51.8 Å². The zero-order valence-corrected chi connectivity index (χ0v) is 39.9. The highest BCUT2D eigenvalue weighted by Crippen LogP contribution is 2.77. The van der Waals surface area contributed by atoms with Crippen LogP contribution in [0, 0.1) is 62.6 Å². The fraction of sp³-hybridized carbons (Fsp3) is 0.938. The second kappa shape index (κ2) is 18.8. The molecule has 3 heterocycles. The Morgan fingerprint density at radius 1 is 0.676 bits per heavy atom. The van der Waals surface area contributed by atoms with E-state index in [2.05, 4.69) is 20.8 Å². The summed E-state index contributed by atoms with van der Waals surface area (Å²) >= 11 is 0. The Labute approximate surface area is 396 Å². The Morgan fingerprint density at radius 3 is 1.99 bits per heavy atom. The smallest absolute Gasteiger partial charge is 0.314 e. The van der Waals surface area contributed by atoms with Gasteiger partial charge in [0, 0.05) is 5.92 Å². The Hall–Kier alpha value is -1.99. The maximum atomic E-state index is 15.0. The molecule has 8 rings (SSSR count). The molecule has 8 aliphatic rings. The summed E-state index contributed by atoms with van der Waals surface area (Å²) in [5.74, 6) is -2.60. The number of hydrogen-bond acceptors (Lipinski definition) is 19. The van der Waals surface area contributed by atoms with Gasteiger partial charge in [-0.25, -0.2) is 0 Å². The lowest BCUT2D eigenvalue weighted by Gasteiger charge is -2.72. The number of rotatable bonds is 11. The highest BCUT2D eigenvalue weighted by Gasteiger charge is 2.73. The molecule has 27 atom stereocenters. The first-order valence-corrected chi connectivity index (χ1v) is 24.7. The Bertz CT molecular complexity index is 1860. The van der Waals surface area contributed by atoms with Crippen LogP contribution < -0.4 is 0 Å². The predicted octanol–water partition coefficient (Wildman–Crippen LogP) is -0.652. The summed E-state index contributed by atoms with van der Waals surface area (Å²) in [6.45, 7) is 10.4. The summed E-state index contributed by atoms with van der Waals surface area (Å²) in [6, 6.07) is 0. The average Bonchev–Trinajstić information content (AvgIpc) is 3.71. The van der Waals surface area contributed by atoms with Gasteiger partial charge < -0.3 is 89.4 Å². The molecule has 0 aromatic heterocycles. The molecule has 11 N–H and O–H groups in total. The number of carbonyl (C=O) groups is 3. The van der Waals surface area contributed by atoms with Crippen molar-refractivity contribution in [3.63, 3.8) is 0 Å². The molecule has 68 heavy (non-hydrogen) atoms. The van der Waals surface area contributed by atoms with Crippen molar-refractivity contribution in [1.82, 2.24) is 0 Å². The van der Waals surface area contributed by atoms with Crippen molar-refractivity contribution < 1.29 is 99.0 Å². The molecule has 3 aliphatic heterocycles. The van der Waals surface area contributed by atoms with E-state index in [4.69, 9.17) is 28.4 Å². The number of hydrogen-bond donors (Lipinski definition) is 11. The Morgan fingerprint density at radius 2 is 1.32 bits per heavy atom. The van der Waals surface area contributed by atoms with Crippen LogP contribution in [0.5, 0.6) is 0 Å². The van der Waals surface area contributed by atoms with E-state index in [0.717, 1.165) is 25.5 Å². The maximum Gasteiger partial charge on any atom is 0.314 e. The fourth-order valence-corrected chi connectivity index (χ4v) is 15.9. The van der Waals surface area contributed by atoms with Gasteiger partial charge in [0.15, 0.2) is 12.6 Å². The van der Waals surface area contributed by atoms with Crippen LogP contribution in [0.4, 0.5) is 0 Å². The van der Waals surface area contributed by atoms with Gasteiger partial charge >= 0.3 is 11.9 Å². The number of esters is 1. The molecule has 0 radical (unpaired) electrons. The molecule has 3 saturated heterocycles. The molecule has 0 aromatic carbocycles. The van der Waals surface area contributed by atoms with E-state index in [0.29, 0.717) is 44.9 Å². The van der Waals surface area contributed by atoms with Crippen LogP contribution in [0.15, 0.2) is 0 Å². The van der Waals surface area contributed by atoms with Crippen molar-refractivity contribution in [2.24, 2.45) is 62.6 Å². The van der Waals surface area contributed by atoms with Crippen LogP contribution in [-0.2, 0) is 42.8 Å². The van der Waals surface area contributed by atoms with Crippen LogP contribution in [0.1, 0.15) is 106 Å². The van der Waals surface area contributed by atoms with Crippen LogP contribution in [-0.4, -0.2) is 186 Å². The minimum absolute atomic E-state index is 0.0285. The number of carboxylic acids is 1. The lowest BCUT2D eigenvalue weighted by molar-refractivity contribution is -0.361. The normalized spacial score (nSPS) is 55.1. The summed E-state index contributed by atoms with van der Waals surface area (Å²) in [4.78, 5) is 40.4. The zero-order valence-electron chi connectivity index (χ0n) is 39.9. The lowest BCUT2D eigenvalue weighted by atomic mass is 9.32. The van der Waals surface area contributed by atoms with Crippen molar-refractivity contribution >= 4 is 18.2 Å². The molecule has 20 nitrogen and oxygen atoms in total. The predicted molar refractivity (Wildman–Crippen MR) is 231 cm³/mol. The average molecular weight is 973 g/mol. The second-order valence-electron chi connectivity index (χ2n) is 22.9. The van der Waals surface area contributed by atoms with E-state index < -0.39 is 134 Å². The summed E-state index contributed by atoms with van der Waals surface area (Å²) in [5, 5.41) is 118. The summed E-state index contributed by atoms with van der Waals surface area (Å²) in [6.07, 6.45) is -18.7. The molecule has 0 spiro atoms. The zero-order chi connectivity index (χ0) is 49.8. The van der Waals surface area contributed by atoms with E-state index >= 15 is 0 Å². The first kappa shape index (κ1) is 52.3. The van der Waals surface area contributed by atoms with E-state index in [1.54, 1.807) is 6.92 Å². The van der Waals surface area contributed by atoms with Crippen molar-refractivity contribution in [3.8, 4) is 0 Å². The van der Waals surface area contributed by atoms with Crippen LogP contribution >= 0.6 is 0 Å². The molecular weight excluding hydrogens is 897 g/mol. The van der Waals surface area contributed by atoms with Crippen molar-refractivity contribution in [1.29, 1.82) is 0 Å². The van der Waals surface area contributed by atoms with Gasteiger partial charge in [0.1, 0.15) is 73.4 Å². The Balaban J connectivity index is 0.978. The van der Waals surface area contributed by atoms with Crippen molar-refractivity contribution in [3.05, 3.63) is 0 Å². The first-order chi connectivity index (χ1) is 31.9. The summed E-state index contributed by atoms with van der Waals surface area (Å²) in [5.41, 5.74) is -3.30. The number of carbonyl (C=O) groups excluding carboxylic acids is 2. The number of aliphatic hydroxyl groups excluding tert-OH is 10. The summed E-state index contributed by atoms with van der Waals surface area (Å²) < 4.78 is 34.6. The number of aliphatic hydroxyl groups is 10. The number of carboxylic acid groups (broad SMARTS) is 1. The lowest BCUT2D eigenvalue weighted by Crippen LogP contribution is -2.68. The molecule has 0 amide bonds. The van der Waals surface area contributed by atoms with Gasteiger partial charge in [0.25, 0.3) is 0 Å². The third kappa shape index (κ3) is 7.84. The van der Waals surface area contributed by atoms with Crippen LogP contribution in [0.3, 0.4) is 0 Å². The molecule has 5 aliphatic carbocycles. The topological polar surface area (TPSA) is 329 Å². The largest absolute Gasteiger partial charge is 0.481 e. The van der Waals surface area contributed by atoms with E-state index in [1.165, 1.54) is 6.92 Å². The third-order valence-corrected chi connectivity index (χ3v) is 20.1. The molecule has 0 unspecified atom stereocenters. The van der Waals surface area contributed by atoms with Gasteiger partial charge in [-0.2, -0.15) is 0 Å². The highest BCUT2D eigenvalue weighted by molar-refractivity contribution is 5.79. The molecule has 20 heteroatoms. The second-order valence-corrected chi connectivity index (χ2v) is 22.9. The van der Waals surface area contributed by atoms with Crippen molar-refractivity contribution in [2.75, 3.05) is 13.2 Å². The number of aliphatic carboxylic acids is 1. The van der Waals surface area contributed by atoms with Gasteiger partial charge in [-0.15, -0.1) is 0 Å². The summed E-state index contributed by atoms with van der Waals surface area (Å²) in [7, 11) is 0. The van der Waals surface area contributed by atoms with Crippen LogP contribution in [0.25, 0.3) is 0 Å². The van der Waals surface area contributed by atoms with Gasteiger partial charge in [0.05, 0.1) is 36.3 Å². The van der Waals surface area contributed by atoms with Gasteiger partial charge in [-0.05, 0) is 124 Å².